The SMILES string of the molecule is CCCCCCCCCC(CCCCCc1cc(F)cc(F)c1)OC(O)O. The lowest BCUT2D eigenvalue weighted by Gasteiger charge is -2.19. The molecular formula is C22H36F2O3. The monoisotopic (exact) mass is 386 g/mol. The number of aliphatic hydroxyl groups excluding tert-OH is 1. The molecule has 0 spiro atoms. The third-order valence-corrected chi connectivity index (χ3v) is 4.86. The second-order valence-electron chi connectivity index (χ2n) is 7.37. The molecule has 27 heavy (non-hydrogen) atoms. The Morgan fingerprint density at radius 3 is 1.85 bits per heavy atom. The summed E-state index contributed by atoms with van der Waals surface area (Å²) < 4.78 is 31.5. The van der Waals surface area contributed by atoms with Crippen LogP contribution in [0.5, 0.6) is 0 Å². The molecule has 0 aromatic heterocycles. The zero-order valence-electron chi connectivity index (χ0n) is 16.6. The summed E-state index contributed by atoms with van der Waals surface area (Å²) in [6.45, 7) is 0.480. The summed E-state index contributed by atoms with van der Waals surface area (Å²) in [5.41, 5.74) is 0.675. The van der Waals surface area contributed by atoms with Gasteiger partial charge < -0.3 is 14.9 Å². The highest BCUT2D eigenvalue weighted by atomic mass is 19.1. The summed E-state index contributed by atoms with van der Waals surface area (Å²) in [4.78, 5) is 0. The summed E-state index contributed by atoms with van der Waals surface area (Å²) in [5.74, 6) is -1.07. The van der Waals surface area contributed by atoms with Crippen molar-refractivity contribution in [2.75, 3.05) is 0 Å². The van der Waals surface area contributed by atoms with Crippen LogP contribution >= 0.6 is 0 Å². The van der Waals surface area contributed by atoms with Gasteiger partial charge in [-0.3, -0.25) is 0 Å². The fourth-order valence-electron chi connectivity index (χ4n) is 3.41. The van der Waals surface area contributed by atoms with Gasteiger partial charge in [0, 0.05) is 6.07 Å². The number of ether oxygens (including phenoxy) is 1. The summed E-state index contributed by atoms with van der Waals surface area (Å²) in [6.07, 6.45) is 13.3. The Morgan fingerprint density at radius 2 is 1.30 bits per heavy atom. The Morgan fingerprint density at radius 1 is 0.778 bits per heavy atom. The van der Waals surface area contributed by atoms with E-state index in [-0.39, 0.29) is 6.10 Å². The van der Waals surface area contributed by atoms with E-state index in [1.807, 2.05) is 0 Å². The Balaban J connectivity index is 2.17. The zero-order chi connectivity index (χ0) is 19.9. The van der Waals surface area contributed by atoms with Gasteiger partial charge in [0.15, 0.2) is 0 Å². The van der Waals surface area contributed by atoms with Crippen LogP contribution < -0.4 is 0 Å². The number of benzene rings is 1. The van der Waals surface area contributed by atoms with Gasteiger partial charge in [0.25, 0.3) is 6.48 Å². The van der Waals surface area contributed by atoms with Crippen LogP contribution in [0.1, 0.15) is 89.5 Å². The molecule has 0 aliphatic carbocycles. The average molecular weight is 387 g/mol. The highest BCUT2D eigenvalue weighted by Gasteiger charge is 2.12. The number of hydrogen-bond donors (Lipinski definition) is 2. The van der Waals surface area contributed by atoms with E-state index in [2.05, 4.69) is 6.92 Å². The van der Waals surface area contributed by atoms with Gasteiger partial charge in [-0.05, 0) is 43.4 Å². The minimum atomic E-state index is -1.73. The minimum Gasteiger partial charge on any atom is -0.346 e. The first kappa shape index (κ1) is 24.0. The van der Waals surface area contributed by atoms with Crippen molar-refractivity contribution in [1.29, 1.82) is 0 Å². The molecule has 156 valence electrons. The lowest BCUT2D eigenvalue weighted by Crippen LogP contribution is -2.21. The summed E-state index contributed by atoms with van der Waals surface area (Å²) in [7, 11) is 0. The van der Waals surface area contributed by atoms with Gasteiger partial charge in [0.1, 0.15) is 11.6 Å². The van der Waals surface area contributed by atoms with Gasteiger partial charge in [-0.15, -0.1) is 0 Å². The maximum absolute atomic E-state index is 13.2. The van der Waals surface area contributed by atoms with Crippen molar-refractivity contribution in [2.24, 2.45) is 0 Å². The first-order valence-electron chi connectivity index (χ1n) is 10.5. The molecule has 0 aliphatic rings. The normalized spacial score (nSPS) is 12.7. The predicted octanol–water partition coefficient (Wildman–Crippen LogP) is 5.86. The summed E-state index contributed by atoms with van der Waals surface area (Å²) in [6, 6.07) is 3.63. The van der Waals surface area contributed by atoms with E-state index >= 15 is 0 Å². The van der Waals surface area contributed by atoms with E-state index in [1.165, 1.54) is 44.2 Å². The zero-order valence-corrected chi connectivity index (χ0v) is 16.6. The first-order chi connectivity index (χ1) is 13.0. The molecule has 2 N–H and O–H groups in total. The molecule has 0 bridgehead atoms. The van der Waals surface area contributed by atoms with Crippen LogP contribution in [0.3, 0.4) is 0 Å². The van der Waals surface area contributed by atoms with Crippen molar-refractivity contribution in [1.82, 2.24) is 0 Å². The smallest absolute Gasteiger partial charge is 0.266 e. The van der Waals surface area contributed by atoms with E-state index < -0.39 is 18.1 Å². The fourth-order valence-corrected chi connectivity index (χ4v) is 3.41. The van der Waals surface area contributed by atoms with Crippen molar-refractivity contribution >= 4 is 0 Å². The molecule has 1 atom stereocenters. The summed E-state index contributed by atoms with van der Waals surface area (Å²) >= 11 is 0. The topological polar surface area (TPSA) is 49.7 Å². The van der Waals surface area contributed by atoms with Crippen molar-refractivity contribution < 1.29 is 23.7 Å². The van der Waals surface area contributed by atoms with Crippen LogP contribution in [0.15, 0.2) is 18.2 Å². The van der Waals surface area contributed by atoms with E-state index in [0.29, 0.717) is 12.0 Å². The van der Waals surface area contributed by atoms with Gasteiger partial charge in [0.2, 0.25) is 0 Å². The Bertz CT molecular complexity index is 474. The number of hydrogen-bond acceptors (Lipinski definition) is 3. The third-order valence-electron chi connectivity index (χ3n) is 4.86. The first-order valence-corrected chi connectivity index (χ1v) is 10.5. The molecule has 0 saturated heterocycles. The Kier molecular flexibility index (Phi) is 13.3. The molecule has 0 heterocycles. The number of aryl methyl sites for hydroxylation is 1. The van der Waals surface area contributed by atoms with Crippen LogP contribution in [-0.4, -0.2) is 22.8 Å². The maximum atomic E-state index is 13.2. The van der Waals surface area contributed by atoms with Gasteiger partial charge in [-0.2, -0.15) is 0 Å². The number of unbranched alkanes of at least 4 members (excludes halogenated alkanes) is 8. The Labute approximate surface area is 162 Å². The third kappa shape index (κ3) is 12.9. The van der Waals surface area contributed by atoms with Crippen molar-refractivity contribution in [3.63, 3.8) is 0 Å². The lowest BCUT2D eigenvalue weighted by molar-refractivity contribution is -0.257. The fraction of sp³-hybridized carbons (Fsp3) is 0.727. The highest BCUT2D eigenvalue weighted by molar-refractivity contribution is 5.17. The van der Waals surface area contributed by atoms with Crippen molar-refractivity contribution in [2.45, 2.75) is 103 Å². The molecule has 0 fully saturated rings. The minimum absolute atomic E-state index is 0.146. The van der Waals surface area contributed by atoms with E-state index in [4.69, 9.17) is 14.9 Å². The largest absolute Gasteiger partial charge is 0.346 e. The number of rotatable bonds is 16. The quantitative estimate of drug-likeness (QED) is 0.276. The van der Waals surface area contributed by atoms with Gasteiger partial charge in [-0.25, -0.2) is 8.78 Å². The molecule has 5 heteroatoms. The number of aliphatic hydroxyl groups is 2. The predicted molar refractivity (Wildman–Crippen MR) is 104 cm³/mol. The van der Waals surface area contributed by atoms with Gasteiger partial charge in [0.05, 0.1) is 6.10 Å². The van der Waals surface area contributed by atoms with Crippen LogP contribution in [0.25, 0.3) is 0 Å². The van der Waals surface area contributed by atoms with E-state index in [0.717, 1.165) is 51.0 Å². The van der Waals surface area contributed by atoms with E-state index in [9.17, 15) is 8.78 Å². The number of halogens is 2. The van der Waals surface area contributed by atoms with Gasteiger partial charge >= 0.3 is 0 Å². The lowest BCUT2D eigenvalue weighted by atomic mass is 10.0. The average Bonchev–Trinajstić information content (AvgIpc) is 2.59. The highest BCUT2D eigenvalue weighted by Crippen LogP contribution is 2.18. The molecule has 1 unspecified atom stereocenters. The molecular weight excluding hydrogens is 350 g/mol. The van der Waals surface area contributed by atoms with Crippen LogP contribution in [0.4, 0.5) is 8.78 Å². The van der Waals surface area contributed by atoms with Crippen LogP contribution in [-0.2, 0) is 11.2 Å². The van der Waals surface area contributed by atoms with Gasteiger partial charge in [-0.1, -0.05) is 64.7 Å². The van der Waals surface area contributed by atoms with Crippen LogP contribution in [0.2, 0.25) is 0 Å². The molecule has 0 amide bonds. The standard InChI is InChI=1S/C22H36F2O3/c1-2-3-4-5-6-7-10-13-21(27-22(25)26)14-11-8-9-12-18-15-19(23)17-20(24)16-18/h15-17,21-22,25-26H,2-14H2,1H3. The summed E-state index contributed by atoms with van der Waals surface area (Å²) in [5, 5.41) is 18.2. The molecule has 0 saturated carbocycles. The molecule has 0 radical (unpaired) electrons. The van der Waals surface area contributed by atoms with Crippen molar-refractivity contribution in [3.05, 3.63) is 35.4 Å². The molecule has 3 nitrogen and oxygen atoms in total. The van der Waals surface area contributed by atoms with Crippen molar-refractivity contribution in [3.8, 4) is 0 Å². The van der Waals surface area contributed by atoms with E-state index in [1.54, 1.807) is 0 Å². The second kappa shape index (κ2) is 14.9. The molecule has 1 rings (SSSR count). The molecule has 1 aromatic carbocycles. The Hall–Kier alpha value is -1.04. The molecule has 1 aromatic rings. The van der Waals surface area contributed by atoms with Crippen LogP contribution in [0, 0.1) is 11.6 Å². The second-order valence-corrected chi connectivity index (χ2v) is 7.37. The molecule has 0 aliphatic heterocycles. The maximum Gasteiger partial charge on any atom is 0.266 e.